The van der Waals surface area contributed by atoms with Gasteiger partial charge in [0, 0.05) is 10.6 Å². The van der Waals surface area contributed by atoms with Gasteiger partial charge in [0.1, 0.15) is 11.8 Å². The van der Waals surface area contributed by atoms with Crippen LogP contribution in [0.3, 0.4) is 0 Å². The topological polar surface area (TPSA) is 105 Å². The van der Waals surface area contributed by atoms with Crippen LogP contribution in [0.2, 0.25) is 0 Å². The van der Waals surface area contributed by atoms with Crippen molar-refractivity contribution in [2.24, 2.45) is 0 Å². The summed E-state index contributed by atoms with van der Waals surface area (Å²) < 4.78 is 19.1. The summed E-state index contributed by atoms with van der Waals surface area (Å²) >= 11 is 0. The number of benzene rings is 3. The molecule has 0 spiro atoms. The van der Waals surface area contributed by atoms with Crippen molar-refractivity contribution in [3.8, 4) is 5.75 Å². The molecule has 0 aliphatic carbocycles. The van der Waals surface area contributed by atoms with Crippen molar-refractivity contribution in [1.82, 2.24) is 10.4 Å². The van der Waals surface area contributed by atoms with E-state index in [1.807, 2.05) is 12.1 Å². The fourth-order valence-corrected chi connectivity index (χ4v) is 5.84. The predicted octanol–water partition coefficient (Wildman–Crippen LogP) is 2.50. The summed E-state index contributed by atoms with van der Waals surface area (Å²) in [4.78, 5) is 25.1. The number of aromatic hydroxyl groups is 1. The van der Waals surface area contributed by atoms with Crippen molar-refractivity contribution in [2.75, 3.05) is 7.11 Å². The first kappa shape index (κ1) is 24.2. The molecule has 0 bridgehead atoms. The number of carbonyl (C=O) groups excluding carboxylic acids is 2. The Morgan fingerprint density at radius 3 is 1.91 bits per heavy atom. The second-order valence-electron chi connectivity index (χ2n) is 7.59. The Bertz CT molecular complexity index is 1080. The maximum Gasteiger partial charge on any atom is 0.328 e. The number of hydrogen-bond donors (Lipinski definition) is 3. The highest BCUT2D eigenvalue weighted by Gasteiger charge is 2.34. The lowest BCUT2D eigenvalue weighted by Crippen LogP contribution is -2.51. The molecule has 0 radical (unpaired) electrons. The molecule has 33 heavy (non-hydrogen) atoms. The number of ether oxygens (including phenoxy) is 1. The van der Waals surface area contributed by atoms with E-state index in [0.717, 1.165) is 5.56 Å². The number of esters is 1. The molecule has 3 N–H and O–H groups in total. The van der Waals surface area contributed by atoms with Crippen molar-refractivity contribution in [1.29, 1.82) is 0 Å². The Kier molecular flexibility index (Phi) is 8.04. The standard InChI is InChI=1S/C25H27N2O5P/c1-18(25(30)32-2)26-24(29)23(17-19-13-15-20(28)16-14-19)27-33(31,21-9-5-3-6-10-21)22-11-7-4-8-12-22/h3-16,18,23,28H,17H2,1-2H3,(H,26,29)(H,27,31)/t18?,23-/m0/s1. The summed E-state index contributed by atoms with van der Waals surface area (Å²) in [7, 11) is -2.18. The van der Waals surface area contributed by atoms with Gasteiger partial charge in [-0.1, -0.05) is 48.5 Å². The highest BCUT2D eigenvalue weighted by molar-refractivity contribution is 7.77. The lowest BCUT2D eigenvalue weighted by atomic mass is 10.1. The quantitative estimate of drug-likeness (QED) is 0.331. The zero-order chi connectivity index (χ0) is 23.8. The van der Waals surface area contributed by atoms with Gasteiger partial charge in [-0.15, -0.1) is 0 Å². The third kappa shape index (κ3) is 6.09. The zero-order valence-electron chi connectivity index (χ0n) is 18.5. The number of hydrogen-bond acceptors (Lipinski definition) is 5. The Hall–Kier alpha value is -3.41. The molecule has 172 valence electrons. The van der Waals surface area contributed by atoms with Crippen LogP contribution in [0.25, 0.3) is 0 Å². The monoisotopic (exact) mass is 466 g/mol. The second-order valence-corrected chi connectivity index (χ2v) is 10.1. The van der Waals surface area contributed by atoms with Gasteiger partial charge >= 0.3 is 5.97 Å². The summed E-state index contributed by atoms with van der Waals surface area (Å²) in [5.41, 5.74) is 0.749. The van der Waals surface area contributed by atoms with Crippen LogP contribution >= 0.6 is 7.29 Å². The predicted molar refractivity (Wildman–Crippen MR) is 128 cm³/mol. The van der Waals surface area contributed by atoms with Crippen LogP contribution < -0.4 is 21.0 Å². The smallest absolute Gasteiger partial charge is 0.328 e. The van der Waals surface area contributed by atoms with Gasteiger partial charge in [0.2, 0.25) is 13.2 Å². The minimum atomic E-state index is -3.43. The van der Waals surface area contributed by atoms with E-state index in [4.69, 9.17) is 4.74 Å². The summed E-state index contributed by atoms with van der Waals surface area (Å²) in [6.07, 6.45) is 0.184. The third-order valence-corrected chi connectivity index (χ3v) is 7.91. The van der Waals surface area contributed by atoms with E-state index in [9.17, 15) is 19.3 Å². The van der Waals surface area contributed by atoms with Crippen molar-refractivity contribution < 1.29 is 24.0 Å². The molecule has 3 aromatic carbocycles. The van der Waals surface area contributed by atoms with Crippen LogP contribution in [0.1, 0.15) is 12.5 Å². The van der Waals surface area contributed by atoms with Gasteiger partial charge in [-0.25, -0.2) is 9.88 Å². The molecule has 0 saturated carbocycles. The van der Waals surface area contributed by atoms with Gasteiger partial charge in [0.25, 0.3) is 0 Å². The van der Waals surface area contributed by atoms with Gasteiger partial charge < -0.3 is 15.2 Å². The molecule has 1 unspecified atom stereocenters. The van der Waals surface area contributed by atoms with Crippen molar-refractivity contribution >= 4 is 29.8 Å². The molecular formula is C25H27N2O5P. The van der Waals surface area contributed by atoms with E-state index in [0.29, 0.717) is 10.6 Å². The average molecular weight is 466 g/mol. The maximum atomic E-state index is 14.4. The molecule has 8 heteroatoms. The number of carbonyl (C=O) groups is 2. The van der Waals surface area contributed by atoms with Crippen LogP contribution in [0, 0.1) is 0 Å². The molecule has 3 aromatic rings. The molecule has 0 saturated heterocycles. The van der Waals surface area contributed by atoms with Gasteiger partial charge in [0.15, 0.2) is 0 Å². The molecule has 2 atom stereocenters. The normalized spacial score (nSPS) is 13.0. The maximum absolute atomic E-state index is 14.4. The van der Waals surface area contributed by atoms with Crippen LogP contribution in [-0.2, 0) is 25.3 Å². The van der Waals surface area contributed by atoms with Crippen LogP contribution in [-0.4, -0.2) is 36.2 Å². The molecule has 0 aliphatic rings. The molecule has 0 heterocycles. The number of nitrogens with one attached hydrogen (secondary N) is 2. The van der Waals surface area contributed by atoms with E-state index in [-0.39, 0.29) is 12.2 Å². The molecule has 0 aromatic heterocycles. The fourth-order valence-electron chi connectivity index (χ4n) is 3.41. The van der Waals surface area contributed by atoms with Gasteiger partial charge in [0.05, 0.1) is 13.2 Å². The zero-order valence-corrected chi connectivity index (χ0v) is 19.4. The number of methoxy groups -OCH3 is 1. The highest BCUT2D eigenvalue weighted by Crippen LogP contribution is 2.39. The third-order valence-electron chi connectivity index (χ3n) is 5.18. The second kappa shape index (κ2) is 10.9. The summed E-state index contributed by atoms with van der Waals surface area (Å²) in [5, 5.41) is 16.5. The largest absolute Gasteiger partial charge is 0.508 e. The molecule has 1 amide bonds. The fraction of sp³-hybridized carbons (Fsp3) is 0.200. The van der Waals surface area contributed by atoms with E-state index >= 15 is 0 Å². The Balaban J connectivity index is 1.99. The van der Waals surface area contributed by atoms with Crippen LogP contribution in [0.15, 0.2) is 84.9 Å². The molecule has 7 nitrogen and oxygen atoms in total. The van der Waals surface area contributed by atoms with Gasteiger partial charge in [-0.2, -0.15) is 0 Å². The Morgan fingerprint density at radius 1 is 0.909 bits per heavy atom. The molecule has 0 aliphatic heterocycles. The first-order valence-corrected chi connectivity index (χ1v) is 12.2. The van der Waals surface area contributed by atoms with Crippen molar-refractivity contribution in [3.05, 3.63) is 90.5 Å². The number of phenolic OH excluding ortho intramolecular Hbond substituents is 1. The molecular weight excluding hydrogens is 439 g/mol. The van der Waals surface area contributed by atoms with Gasteiger partial charge in [-0.05, 0) is 55.3 Å². The van der Waals surface area contributed by atoms with E-state index in [1.165, 1.54) is 26.2 Å². The van der Waals surface area contributed by atoms with E-state index in [2.05, 4.69) is 10.4 Å². The van der Waals surface area contributed by atoms with E-state index < -0.39 is 31.3 Å². The first-order valence-electron chi connectivity index (χ1n) is 10.5. The minimum absolute atomic E-state index is 0.103. The summed E-state index contributed by atoms with van der Waals surface area (Å²) in [6, 6.07) is 22.5. The lowest BCUT2D eigenvalue weighted by molar-refractivity contribution is -0.144. The number of rotatable bonds is 9. The van der Waals surface area contributed by atoms with Crippen molar-refractivity contribution in [3.63, 3.8) is 0 Å². The van der Waals surface area contributed by atoms with Gasteiger partial charge in [-0.3, -0.25) is 9.36 Å². The average Bonchev–Trinajstić information content (AvgIpc) is 2.85. The van der Waals surface area contributed by atoms with Crippen LogP contribution in [0.5, 0.6) is 5.75 Å². The number of phenols is 1. The lowest BCUT2D eigenvalue weighted by Gasteiger charge is -2.27. The summed E-state index contributed by atoms with van der Waals surface area (Å²) in [6.45, 7) is 1.52. The highest BCUT2D eigenvalue weighted by atomic mass is 31.2. The van der Waals surface area contributed by atoms with Crippen molar-refractivity contribution in [2.45, 2.75) is 25.4 Å². The minimum Gasteiger partial charge on any atom is -0.508 e. The number of amides is 1. The van der Waals surface area contributed by atoms with E-state index in [1.54, 1.807) is 60.7 Å². The Labute approximate surface area is 193 Å². The SMILES string of the molecule is COC(=O)C(C)NC(=O)[C@H](Cc1ccc(O)cc1)NP(=O)(c1ccccc1)c1ccccc1. The Morgan fingerprint density at radius 2 is 1.42 bits per heavy atom. The molecule has 3 rings (SSSR count). The van der Waals surface area contributed by atoms with Crippen LogP contribution in [0.4, 0.5) is 0 Å². The molecule has 0 fully saturated rings. The summed E-state index contributed by atoms with van der Waals surface area (Å²) in [5.74, 6) is -0.972. The first-order chi connectivity index (χ1) is 15.8.